The molecule has 3 aromatic rings. The monoisotopic (exact) mass is 453 g/mol. The van der Waals surface area contributed by atoms with Gasteiger partial charge in [-0.25, -0.2) is 10.2 Å². The summed E-state index contributed by atoms with van der Waals surface area (Å²) >= 11 is 6.02. The summed E-state index contributed by atoms with van der Waals surface area (Å²) in [6.45, 7) is 0. The number of nitrogens with one attached hydrogen (secondary N) is 1. The zero-order chi connectivity index (χ0) is 23.1. The van der Waals surface area contributed by atoms with Crippen LogP contribution in [0.2, 0.25) is 5.02 Å². The fraction of sp³-hybridized carbons (Fsp3) is 0.0455. The zero-order valence-corrected chi connectivity index (χ0v) is 17.4. The molecule has 0 unspecified atom stereocenters. The molecule has 0 bridgehead atoms. The maximum Gasteiger partial charge on any atom is 0.345 e. The first-order valence-corrected chi connectivity index (χ1v) is 9.49. The minimum atomic E-state index is -0.639. The highest BCUT2D eigenvalue weighted by Crippen LogP contribution is 2.29. The van der Waals surface area contributed by atoms with E-state index in [1.54, 1.807) is 36.4 Å². The van der Waals surface area contributed by atoms with E-state index in [2.05, 4.69) is 10.5 Å². The lowest BCUT2D eigenvalue weighted by molar-refractivity contribution is -0.384. The summed E-state index contributed by atoms with van der Waals surface area (Å²) < 4.78 is 10.6. The van der Waals surface area contributed by atoms with Crippen LogP contribution >= 0.6 is 11.6 Å². The summed E-state index contributed by atoms with van der Waals surface area (Å²) in [4.78, 5) is 34.7. The first-order chi connectivity index (χ1) is 15.4. The number of esters is 1. The predicted molar refractivity (Wildman–Crippen MR) is 118 cm³/mol. The number of hydrogen-bond donors (Lipinski definition) is 1. The Morgan fingerprint density at radius 3 is 2.56 bits per heavy atom. The van der Waals surface area contributed by atoms with Gasteiger partial charge >= 0.3 is 5.97 Å². The number of methoxy groups -OCH3 is 1. The number of nitro groups is 1. The van der Waals surface area contributed by atoms with Gasteiger partial charge in [-0.3, -0.25) is 14.9 Å². The number of benzene rings is 3. The minimum absolute atomic E-state index is 0.0933. The number of non-ortho nitro benzene ring substituents is 1. The molecule has 9 nitrogen and oxygen atoms in total. The van der Waals surface area contributed by atoms with Crippen molar-refractivity contribution in [3.63, 3.8) is 0 Å². The molecule has 1 N–H and O–H groups in total. The smallest absolute Gasteiger partial charge is 0.345 e. The van der Waals surface area contributed by atoms with Crippen molar-refractivity contribution < 1.29 is 24.0 Å². The quantitative estimate of drug-likeness (QED) is 0.188. The van der Waals surface area contributed by atoms with Gasteiger partial charge in [-0.05, 0) is 42.0 Å². The van der Waals surface area contributed by atoms with Crippen LogP contribution in [0.3, 0.4) is 0 Å². The molecule has 162 valence electrons. The van der Waals surface area contributed by atoms with Crippen molar-refractivity contribution in [2.45, 2.75) is 0 Å². The molecule has 0 radical (unpaired) electrons. The molecule has 0 aliphatic carbocycles. The highest BCUT2D eigenvalue weighted by Gasteiger charge is 2.15. The Labute approximate surface area is 187 Å². The van der Waals surface area contributed by atoms with Crippen LogP contribution in [0.25, 0.3) is 0 Å². The largest absolute Gasteiger partial charge is 0.493 e. The molecule has 32 heavy (non-hydrogen) atoms. The van der Waals surface area contributed by atoms with E-state index in [1.165, 1.54) is 37.6 Å². The normalized spacial score (nSPS) is 10.6. The predicted octanol–water partition coefficient (Wildman–Crippen LogP) is 4.24. The maximum absolute atomic E-state index is 12.4. The van der Waals surface area contributed by atoms with Crippen molar-refractivity contribution in [2.24, 2.45) is 5.10 Å². The highest BCUT2D eigenvalue weighted by molar-refractivity contribution is 6.33. The van der Waals surface area contributed by atoms with Crippen molar-refractivity contribution in [3.8, 4) is 11.5 Å². The van der Waals surface area contributed by atoms with E-state index in [-0.39, 0.29) is 33.3 Å². The third-order valence-corrected chi connectivity index (χ3v) is 4.51. The number of carbonyl (C=O) groups is 2. The van der Waals surface area contributed by atoms with Gasteiger partial charge in [0.1, 0.15) is 0 Å². The van der Waals surface area contributed by atoms with Crippen LogP contribution in [0.5, 0.6) is 11.5 Å². The fourth-order valence-corrected chi connectivity index (χ4v) is 2.83. The Morgan fingerprint density at radius 1 is 1.06 bits per heavy atom. The first-order valence-electron chi connectivity index (χ1n) is 9.11. The molecule has 0 fully saturated rings. The number of nitro benzene ring substituents is 1. The third kappa shape index (κ3) is 5.46. The second-order valence-electron chi connectivity index (χ2n) is 6.29. The topological polar surface area (TPSA) is 120 Å². The number of carbonyl (C=O) groups excluding carboxylic acids is 2. The van der Waals surface area contributed by atoms with Crippen molar-refractivity contribution >= 4 is 35.4 Å². The molecule has 0 saturated heterocycles. The Morgan fingerprint density at radius 2 is 1.84 bits per heavy atom. The van der Waals surface area contributed by atoms with E-state index in [1.807, 2.05) is 0 Å². The van der Waals surface area contributed by atoms with E-state index in [4.69, 9.17) is 21.1 Å². The van der Waals surface area contributed by atoms with Gasteiger partial charge in [0.25, 0.3) is 11.6 Å². The van der Waals surface area contributed by atoms with Crippen molar-refractivity contribution in [3.05, 3.63) is 98.6 Å². The van der Waals surface area contributed by atoms with Crippen molar-refractivity contribution in [1.82, 2.24) is 5.43 Å². The molecule has 3 aromatic carbocycles. The van der Waals surface area contributed by atoms with Crippen LogP contribution in [0.4, 0.5) is 5.69 Å². The van der Waals surface area contributed by atoms with E-state index in [0.717, 1.165) is 6.07 Å². The van der Waals surface area contributed by atoms with Gasteiger partial charge in [-0.1, -0.05) is 29.8 Å². The number of hydrazone groups is 1. The van der Waals surface area contributed by atoms with Gasteiger partial charge in [0, 0.05) is 17.7 Å². The number of halogens is 1. The molecule has 0 spiro atoms. The molecule has 0 aliphatic rings. The Hall–Kier alpha value is -4.24. The molecule has 0 aliphatic heterocycles. The number of nitrogens with zero attached hydrogens (tertiary/aromatic N) is 2. The lowest BCUT2D eigenvalue weighted by Crippen LogP contribution is -2.17. The lowest BCUT2D eigenvalue weighted by Gasteiger charge is -2.10. The van der Waals surface area contributed by atoms with Crippen molar-refractivity contribution in [1.29, 1.82) is 0 Å². The molecule has 0 saturated carbocycles. The Kier molecular flexibility index (Phi) is 7.14. The van der Waals surface area contributed by atoms with E-state index in [9.17, 15) is 19.7 Å². The summed E-state index contributed by atoms with van der Waals surface area (Å²) in [5.41, 5.74) is 2.94. The molecular formula is C22H16ClN3O6. The van der Waals surface area contributed by atoms with E-state index < -0.39 is 16.8 Å². The van der Waals surface area contributed by atoms with Gasteiger partial charge < -0.3 is 9.47 Å². The molecule has 0 heterocycles. The van der Waals surface area contributed by atoms with Gasteiger partial charge in [0.2, 0.25) is 0 Å². The van der Waals surface area contributed by atoms with E-state index >= 15 is 0 Å². The van der Waals surface area contributed by atoms with Crippen molar-refractivity contribution in [2.75, 3.05) is 7.11 Å². The molecular weight excluding hydrogens is 438 g/mol. The second kappa shape index (κ2) is 10.2. The van der Waals surface area contributed by atoms with Gasteiger partial charge in [0.05, 0.1) is 28.8 Å². The molecule has 10 heteroatoms. The summed E-state index contributed by atoms with van der Waals surface area (Å²) in [7, 11) is 1.41. The standard InChI is InChI=1S/C22H16ClN3O6/c1-31-20-11-14(9-10-19(20)32-22(28)17-7-2-3-8-18(17)23)13-24-25-21(27)15-5-4-6-16(12-15)26(29)30/h2-13H,1H3,(H,25,27)/b24-13-. The number of rotatable bonds is 7. The van der Waals surface area contributed by atoms with Gasteiger partial charge in [-0.2, -0.15) is 5.10 Å². The zero-order valence-electron chi connectivity index (χ0n) is 16.7. The molecule has 0 aromatic heterocycles. The lowest BCUT2D eigenvalue weighted by atomic mass is 10.2. The second-order valence-corrected chi connectivity index (χ2v) is 6.69. The number of ether oxygens (including phenoxy) is 2. The van der Waals surface area contributed by atoms with Gasteiger partial charge in [0.15, 0.2) is 11.5 Å². The van der Waals surface area contributed by atoms with Crippen LogP contribution in [-0.2, 0) is 0 Å². The number of hydrogen-bond acceptors (Lipinski definition) is 7. The summed E-state index contributed by atoms with van der Waals surface area (Å²) in [6.07, 6.45) is 1.34. The highest BCUT2D eigenvalue weighted by atomic mass is 35.5. The fourth-order valence-electron chi connectivity index (χ4n) is 2.62. The first kappa shape index (κ1) is 22.4. The maximum atomic E-state index is 12.4. The molecule has 1 amide bonds. The van der Waals surface area contributed by atoms with E-state index in [0.29, 0.717) is 5.56 Å². The third-order valence-electron chi connectivity index (χ3n) is 4.18. The van der Waals surface area contributed by atoms with Crippen LogP contribution in [-0.4, -0.2) is 30.1 Å². The van der Waals surface area contributed by atoms with Crippen LogP contribution in [0.1, 0.15) is 26.3 Å². The summed E-state index contributed by atoms with van der Waals surface area (Å²) in [5.74, 6) is -0.809. The number of amides is 1. The average Bonchev–Trinajstić information content (AvgIpc) is 2.80. The van der Waals surface area contributed by atoms with Gasteiger partial charge in [-0.15, -0.1) is 0 Å². The summed E-state index contributed by atoms with van der Waals surface area (Å²) in [6, 6.07) is 16.4. The minimum Gasteiger partial charge on any atom is -0.493 e. The van der Waals surface area contributed by atoms with Crippen LogP contribution in [0.15, 0.2) is 71.8 Å². The Balaban J connectivity index is 1.69. The molecule has 0 atom stereocenters. The molecule has 3 rings (SSSR count). The summed E-state index contributed by atoms with van der Waals surface area (Å²) in [5, 5.41) is 14.9. The van der Waals surface area contributed by atoms with Crippen LogP contribution < -0.4 is 14.9 Å². The average molecular weight is 454 g/mol. The van der Waals surface area contributed by atoms with Crippen LogP contribution in [0, 0.1) is 10.1 Å². The Bertz CT molecular complexity index is 1210. The SMILES string of the molecule is COc1cc(/C=N\NC(=O)c2cccc([N+](=O)[O-])c2)ccc1OC(=O)c1ccccc1Cl.